The molecular weight excluding hydrogens is 342 g/mol. The first kappa shape index (κ1) is 17.3. The highest BCUT2D eigenvalue weighted by Crippen LogP contribution is 2.24. The number of H-pyrrole nitrogens is 1. The lowest BCUT2D eigenvalue weighted by atomic mass is 10.2. The zero-order valence-corrected chi connectivity index (χ0v) is 15.3. The molecule has 0 saturated carbocycles. The second kappa shape index (κ2) is 6.40. The van der Waals surface area contributed by atoms with Crippen LogP contribution < -0.4 is 5.32 Å². The van der Waals surface area contributed by atoms with E-state index in [1.165, 1.54) is 0 Å². The van der Waals surface area contributed by atoms with E-state index in [0.29, 0.717) is 16.5 Å². The molecule has 2 aromatic heterocycles. The highest BCUT2D eigenvalue weighted by Gasteiger charge is 2.25. The Labute approximate surface area is 150 Å². The Balaban J connectivity index is 1.96. The number of nitrogens with one attached hydrogen (secondary N) is 2. The van der Waals surface area contributed by atoms with Crippen molar-refractivity contribution in [2.24, 2.45) is 7.05 Å². The Morgan fingerprint density at radius 2 is 2.12 bits per heavy atom. The van der Waals surface area contributed by atoms with Gasteiger partial charge in [0, 0.05) is 18.3 Å². The first-order chi connectivity index (χ1) is 11.7. The number of hydrogen-bond donors (Lipinski definition) is 2. The van der Waals surface area contributed by atoms with E-state index in [1.807, 2.05) is 40.0 Å². The maximum atomic E-state index is 12.3. The quantitative estimate of drug-likeness (QED) is 0.746. The molecule has 0 saturated heterocycles. The molecule has 2 N–H and O–H groups in total. The largest absolute Gasteiger partial charge is 0.444 e. The van der Waals surface area contributed by atoms with Crippen LogP contribution in [0.2, 0.25) is 5.02 Å². The van der Waals surface area contributed by atoms with Crippen molar-refractivity contribution >= 4 is 28.7 Å². The van der Waals surface area contributed by atoms with Gasteiger partial charge < -0.3 is 15.0 Å². The monoisotopic (exact) mass is 361 g/mol. The predicted octanol–water partition coefficient (Wildman–Crippen LogP) is 3.56. The number of rotatable bonds is 3. The van der Waals surface area contributed by atoms with Crippen molar-refractivity contribution in [1.29, 1.82) is 0 Å². The number of amides is 1. The number of halogens is 1. The maximum Gasteiger partial charge on any atom is 0.408 e. The van der Waals surface area contributed by atoms with Gasteiger partial charge in [-0.25, -0.2) is 9.78 Å². The molecule has 0 bridgehead atoms. The zero-order chi connectivity index (χ0) is 18.2. The van der Waals surface area contributed by atoms with Crippen LogP contribution in [0.1, 0.15) is 38.3 Å². The van der Waals surface area contributed by atoms with Gasteiger partial charge in [0.05, 0.1) is 16.7 Å². The number of alkyl carbamates (subject to hydrolysis) is 1. The first-order valence-corrected chi connectivity index (χ1v) is 8.23. The number of aromatic amines is 1. The van der Waals surface area contributed by atoms with Gasteiger partial charge >= 0.3 is 6.09 Å². The van der Waals surface area contributed by atoms with E-state index in [2.05, 4.69) is 20.4 Å². The summed E-state index contributed by atoms with van der Waals surface area (Å²) in [6, 6.07) is 6.64. The van der Waals surface area contributed by atoms with Crippen molar-refractivity contribution in [2.45, 2.75) is 32.4 Å². The van der Waals surface area contributed by atoms with Crippen LogP contribution in [0.5, 0.6) is 0 Å². The molecule has 1 amide bonds. The number of ether oxygens (including phenoxy) is 1. The summed E-state index contributed by atoms with van der Waals surface area (Å²) in [5.74, 6) is 0.557. The third-order valence-electron chi connectivity index (χ3n) is 3.43. The Morgan fingerprint density at radius 3 is 2.76 bits per heavy atom. The molecule has 0 spiro atoms. The summed E-state index contributed by atoms with van der Waals surface area (Å²) in [5.41, 5.74) is 1.60. The van der Waals surface area contributed by atoms with E-state index in [0.717, 1.165) is 11.0 Å². The van der Waals surface area contributed by atoms with Crippen LogP contribution in [-0.2, 0) is 11.8 Å². The Hall–Kier alpha value is -2.54. The van der Waals surface area contributed by atoms with Gasteiger partial charge in [0.25, 0.3) is 0 Å². The molecule has 0 fully saturated rings. The molecule has 8 heteroatoms. The van der Waals surface area contributed by atoms with Crippen molar-refractivity contribution in [3.05, 3.63) is 47.0 Å². The first-order valence-electron chi connectivity index (χ1n) is 7.85. The Bertz CT molecular complexity index is 909. The average Bonchev–Trinajstić information content (AvgIpc) is 3.08. The van der Waals surface area contributed by atoms with Crippen LogP contribution >= 0.6 is 11.6 Å². The van der Waals surface area contributed by atoms with Crippen LogP contribution in [-0.4, -0.2) is 31.4 Å². The lowest BCUT2D eigenvalue weighted by Gasteiger charge is -2.22. The minimum atomic E-state index is -0.597. The highest BCUT2D eigenvalue weighted by molar-refractivity contribution is 6.31. The second-order valence-electron chi connectivity index (χ2n) is 6.78. The highest BCUT2D eigenvalue weighted by atomic mass is 35.5. The molecule has 2 heterocycles. The third kappa shape index (κ3) is 4.11. The molecule has 3 aromatic rings. The van der Waals surface area contributed by atoms with Crippen molar-refractivity contribution in [3.8, 4) is 0 Å². The topological polar surface area (TPSA) is 84.8 Å². The number of imidazole rings is 1. The smallest absolute Gasteiger partial charge is 0.408 e. The fourth-order valence-electron chi connectivity index (χ4n) is 2.43. The van der Waals surface area contributed by atoms with Gasteiger partial charge in [0.15, 0.2) is 0 Å². The summed E-state index contributed by atoms with van der Waals surface area (Å²) in [7, 11) is 1.81. The van der Waals surface area contributed by atoms with Gasteiger partial charge in [-0.1, -0.05) is 11.6 Å². The number of hydrogen-bond acceptors (Lipinski definition) is 4. The van der Waals surface area contributed by atoms with Crippen LogP contribution in [0, 0.1) is 0 Å². The van der Waals surface area contributed by atoms with Gasteiger partial charge in [-0.05, 0) is 45.0 Å². The van der Waals surface area contributed by atoms with Gasteiger partial charge in [0.2, 0.25) is 0 Å². The van der Waals surface area contributed by atoms with Crippen LogP contribution in [0.3, 0.4) is 0 Å². The number of aryl methyl sites for hydroxylation is 1. The van der Waals surface area contributed by atoms with Crippen LogP contribution in [0.25, 0.3) is 11.0 Å². The van der Waals surface area contributed by atoms with Crippen molar-refractivity contribution in [2.75, 3.05) is 0 Å². The van der Waals surface area contributed by atoms with E-state index in [1.54, 1.807) is 23.0 Å². The minimum Gasteiger partial charge on any atom is -0.444 e. The lowest BCUT2D eigenvalue weighted by Crippen LogP contribution is -2.36. The van der Waals surface area contributed by atoms with E-state index in [-0.39, 0.29) is 0 Å². The van der Waals surface area contributed by atoms with Crippen molar-refractivity contribution < 1.29 is 9.53 Å². The summed E-state index contributed by atoms with van der Waals surface area (Å²) in [6.45, 7) is 5.43. The minimum absolute atomic E-state index is 0.540. The molecule has 0 aliphatic carbocycles. The number of carbonyl (C=O) groups excluding carboxylic acids is 1. The molecular formula is C17H20ClN5O2. The molecule has 0 radical (unpaired) electrons. The normalized spacial score (nSPS) is 13.0. The van der Waals surface area contributed by atoms with Crippen LogP contribution in [0.4, 0.5) is 4.79 Å². The van der Waals surface area contributed by atoms with Crippen molar-refractivity contribution in [3.63, 3.8) is 0 Å². The standard InChI is InChI=1S/C17H20ClN5O2/c1-17(2,3)25-16(24)21-14(12-7-8-23(4)22-12)15-19-11-6-5-10(18)9-13(11)20-15/h5-9,14H,1-4H3,(H,19,20)(H,21,24). The van der Waals surface area contributed by atoms with Gasteiger partial charge in [0.1, 0.15) is 17.5 Å². The number of aromatic nitrogens is 4. The summed E-state index contributed by atoms with van der Waals surface area (Å²) in [6.07, 6.45) is 1.26. The number of nitrogens with zero attached hydrogens (tertiary/aromatic N) is 3. The molecule has 1 atom stereocenters. The Morgan fingerprint density at radius 1 is 1.36 bits per heavy atom. The summed E-state index contributed by atoms with van der Waals surface area (Å²) in [5, 5.41) is 7.81. The molecule has 0 aliphatic heterocycles. The number of fused-ring (bicyclic) bond motifs is 1. The third-order valence-corrected chi connectivity index (χ3v) is 3.66. The molecule has 0 aliphatic rings. The van der Waals surface area contributed by atoms with E-state index in [4.69, 9.17) is 16.3 Å². The number of benzene rings is 1. The maximum absolute atomic E-state index is 12.3. The fraction of sp³-hybridized carbons (Fsp3) is 0.353. The molecule has 3 rings (SSSR count). The predicted molar refractivity (Wildman–Crippen MR) is 95.5 cm³/mol. The molecule has 25 heavy (non-hydrogen) atoms. The molecule has 1 unspecified atom stereocenters. The average molecular weight is 362 g/mol. The van der Waals surface area contributed by atoms with E-state index in [9.17, 15) is 4.79 Å². The van der Waals surface area contributed by atoms with Crippen LogP contribution in [0.15, 0.2) is 30.5 Å². The van der Waals surface area contributed by atoms with E-state index >= 15 is 0 Å². The molecule has 132 valence electrons. The molecule has 7 nitrogen and oxygen atoms in total. The fourth-order valence-corrected chi connectivity index (χ4v) is 2.60. The summed E-state index contributed by atoms with van der Waals surface area (Å²) >= 11 is 6.03. The van der Waals surface area contributed by atoms with Gasteiger partial charge in [-0.3, -0.25) is 4.68 Å². The van der Waals surface area contributed by atoms with Gasteiger partial charge in [-0.2, -0.15) is 5.10 Å². The number of carbonyl (C=O) groups is 1. The van der Waals surface area contributed by atoms with Gasteiger partial charge in [-0.15, -0.1) is 0 Å². The SMILES string of the molecule is Cn1ccc(C(NC(=O)OC(C)(C)C)c2nc3cc(Cl)ccc3[nH]2)n1. The van der Waals surface area contributed by atoms with Crippen molar-refractivity contribution in [1.82, 2.24) is 25.1 Å². The zero-order valence-electron chi connectivity index (χ0n) is 14.5. The lowest BCUT2D eigenvalue weighted by molar-refractivity contribution is 0.0509. The summed E-state index contributed by atoms with van der Waals surface area (Å²) < 4.78 is 7.03. The summed E-state index contributed by atoms with van der Waals surface area (Å²) in [4.78, 5) is 20.0. The second-order valence-corrected chi connectivity index (χ2v) is 7.21. The Kier molecular flexibility index (Phi) is 4.43. The van der Waals surface area contributed by atoms with E-state index < -0.39 is 17.7 Å². The molecule has 1 aromatic carbocycles.